The largest absolute Gasteiger partial charge is 0.368 e. The number of imidazole rings is 1. The van der Waals surface area contributed by atoms with Crippen LogP contribution >= 0.6 is 11.6 Å². The van der Waals surface area contributed by atoms with Crippen LogP contribution in [0.25, 0.3) is 11.3 Å². The quantitative estimate of drug-likeness (QED) is 0.731. The maximum atomic E-state index is 5.96. The van der Waals surface area contributed by atoms with Gasteiger partial charge in [0.05, 0.1) is 18.1 Å². The Hall–Kier alpha value is -2.59. The van der Waals surface area contributed by atoms with Gasteiger partial charge in [0.2, 0.25) is 5.95 Å². The Labute approximate surface area is 140 Å². The van der Waals surface area contributed by atoms with Crippen molar-refractivity contribution in [3.63, 3.8) is 0 Å². The number of aryl methyl sites for hydroxylation is 2. The van der Waals surface area contributed by atoms with Crippen molar-refractivity contribution in [2.75, 3.05) is 5.73 Å². The van der Waals surface area contributed by atoms with Gasteiger partial charge >= 0.3 is 0 Å². The van der Waals surface area contributed by atoms with Crippen LogP contribution in [-0.4, -0.2) is 15.9 Å². The molecular formula is C18H17ClN4. The smallest absolute Gasteiger partial charge is 0.221 e. The maximum Gasteiger partial charge on any atom is 0.221 e. The lowest BCUT2D eigenvalue weighted by atomic mass is 10.0. The second kappa shape index (κ2) is 6.26. The van der Waals surface area contributed by atoms with Crippen molar-refractivity contribution < 1.29 is 0 Å². The third-order valence-corrected chi connectivity index (χ3v) is 3.83. The van der Waals surface area contributed by atoms with E-state index in [0.717, 1.165) is 22.4 Å². The minimum Gasteiger partial charge on any atom is -0.368 e. The molecule has 0 saturated carbocycles. The molecule has 2 N–H and O–H groups in total. The predicted molar refractivity (Wildman–Crippen MR) is 96.0 cm³/mol. The summed E-state index contributed by atoms with van der Waals surface area (Å²) in [6, 6.07) is 13.7. The second-order valence-corrected chi connectivity index (χ2v) is 5.88. The molecule has 116 valence electrons. The highest BCUT2D eigenvalue weighted by Gasteiger charge is 2.08. The highest BCUT2D eigenvalue weighted by molar-refractivity contribution is 6.30. The Morgan fingerprint density at radius 3 is 2.57 bits per heavy atom. The molecule has 0 amide bonds. The molecule has 0 saturated heterocycles. The molecule has 0 radical (unpaired) electrons. The number of hydrogen-bond donors (Lipinski definition) is 1. The number of nitrogens with two attached hydrogens (primary N) is 1. The molecule has 0 fully saturated rings. The minimum absolute atomic E-state index is 0.352. The van der Waals surface area contributed by atoms with Crippen molar-refractivity contribution in [2.24, 2.45) is 5.10 Å². The Bertz CT molecular complexity index is 863. The van der Waals surface area contributed by atoms with Crippen LogP contribution in [0.3, 0.4) is 0 Å². The Morgan fingerprint density at radius 2 is 1.87 bits per heavy atom. The molecule has 0 aliphatic carbocycles. The summed E-state index contributed by atoms with van der Waals surface area (Å²) in [4.78, 5) is 4.40. The summed E-state index contributed by atoms with van der Waals surface area (Å²) in [6.45, 7) is 4.13. The van der Waals surface area contributed by atoms with E-state index >= 15 is 0 Å². The molecule has 23 heavy (non-hydrogen) atoms. The first kappa shape index (κ1) is 15.3. The molecule has 0 bridgehead atoms. The molecule has 0 aliphatic heterocycles. The molecular weight excluding hydrogens is 308 g/mol. The summed E-state index contributed by atoms with van der Waals surface area (Å²) < 4.78 is 1.57. The standard InChI is InChI=1S/C18H17ClN4/c1-12-3-8-16(13(2)9-12)17-11-23(18(20)22-17)21-10-14-4-6-15(19)7-5-14/h3-11H,1-2H3,(H2,20,22)/b21-10+. The lowest BCUT2D eigenvalue weighted by Crippen LogP contribution is -1.96. The number of benzene rings is 2. The summed E-state index contributed by atoms with van der Waals surface area (Å²) in [5.41, 5.74) is 11.2. The molecule has 1 heterocycles. The van der Waals surface area contributed by atoms with E-state index in [1.54, 1.807) is 10.9 Å². The van der Waals surface area contributed by atoms with Gasteiger partial charge in [0, 0.05) is 10.6 Å². The molecule has 2 aromatic carbocycles. The molecule has 5 heteroatoms. The van der Waals surface area contributed by atoms with Gasteiger partial charge in [-0.2, -0.15) is 5.10 Å². The molecule has 0 aliphatic rings. The molecule has 0 atom stereocenters. The number of nitrogen functional groups attached to an aromatic ring is 1. The third-order valence-electron chi connectivity index (χ3n) is 3.57. The van der Waals surface area contributed by atoms with Crippen LogP contribution in [0.2, 0.25) is 5.02 Å². The maximum absolute atomic E-state index is 5.96. The normalized spacial score (nSPS) is 11.3. The number of nitrogens with zero attached hydrogens (tertiary/aromatic N) is 3. The van der Waals surface area contributed by atoms with Gasteiger partial charge in [0.15, 0.2) is 0 Å². The Balaban J connectivity index is 1.90. The first-order chi connectivity index (χ1) is 11.0. The van der Waals surface area contributed by atoms with Gasteiger partial charge in [-0.3, -0.25) is 0 Å². The fourth-order valence-electron chi connectivity index (χ4n) is 2.39. The fourth-order valence-corrected chi connectivity index (χ4v) is 2.51. The van der Waals surface area contributed by atoms with Gasteiger partial charge in [-0.1, -0.05) is 47.5 Å². The molecule has 0 unspecified atom stereocenters. The number of hydrogen-bond acceptors (Lipinski definition) is 3. The van der Waals surface area contributed by atoms with Crippen LogP contribution in [-0.2, 0) is 0 Å². The van der Waals surface area contributed by atoms with E-state index in [4.69, 9.17) is 17.3 Å². The van der Waals surface area contributed by atoms with Crippen LogP contribution < -0.4 is 5.73 Å². The molecule has 4 nitrogen and oxygen atoms in total. The van der Waals surface area contributed by atoms with E-state index in [1.165, 1.54) is 5.56 Å². The summed E-state index contributed by atoms with van der Waals surface area (Å²) in [5, 5.41) is 5.06. The van der Waals surface area contributed by atoms with Gasteiger partial charge in [-0.25, -0.2) is 9.66 Å². The van der Waals surface area contributed by atoms with Crippen LogP contribution in [0.1, 0.15) is 16.7 Å². The van der Waals surface area contributed by atoms with Crippen molar-refractivity contribution in [1.82, 2.24) is 9.66 Å². The topological polar surface area (TPSA) is 56.2 Å². The average Bonchev–Trinajstić information content (AvgIpc) is 2.87. The Morgan fingerprint density at radius 1 is 1.13 bits per heavy atom. The van der Waals surface area contributed by atoms with Gasteiger partial charge in [0.1, 0.15) is 0 Å². The number of aromatic nitrogens is 2. The van der Waals surface area contributed by atoms with Crippen molar-refractivity contribution in [3.8, 4) is 11.3 Å². The van der Waals surface area contributed by atoms with E-state index in [1.807, 2.05) is 30.5 Å². The van der Waals surface area contributed by atoms with Gasteiger partial charge in [0.25, 0.3) is 0 Å². The van der Waals surface area contributed by atoms with Gasteiger partial charge < -0.3 is 5.73 Å². The number of rotatable bonds is 3. The zero-order valence-corrected chi connectivity index (χ0v) is 13.7. The summed E-state index contributed by atoms with van der Waals surface area (Å²) in [5.74, 6) is 0.352. The summed E-state index contributed by atoms with van der Waals surface area (Å²) in [6.07, 6.45) is 3.56. The predicted octanol–water partition coefficient (Wildman–Crippen LogP) is 4.28. The van der Waals surface area contributed by atoms with Crippen LogP contribution in [0.15, 0.2) is 53.8 Å². The zero-order valence-electron chi connectivity index (χ0n) is 13.0. The Kier molecular flexibility index (Phi) is 4.17. The summed E-state index contributed by atoms with van der Waals surface area (Å²) >= 11 is 5.87. The van der Waals surface area contributed by atoms with E-state index in [-0.39, 0.29) is 0 Å². The van der Waals surface area contributed by atoms with Crippen molar-refractivity contribution in [1.29, 1.82) is 0 Å². The van der Waals surface area contributed by atoms with E-state index < -0.39 is 0 Å². The average molecular weight is 325 g/mol. The minimum atomic E-state index is 0.352. The van der Waals surface area contributed by atoms with Crippen LogP contribution in [0.5, 0.6) is 0 Å². The van der Waals surface area contributed by atoms with Crippen LogP contribution in [0.4, 0.5) is 5.95 Å². The highest BCUT2D eigenvalue weighted by Crippen LogP contribution is 2.24. The lowest BCUT2D eigenvalue weighted by Gasteiger charge is -2.02. The SMILES string of the molecule is Cc1ccc(-c2cn(/N=C/c3ccc(Cl)cc3)c(N)n2)c(C)c1. The van der Waals surface area contributed by atoms with E-state index in [9.17, 15) is 0 Å². The monoisotopic (exact) mass is 324 g/mol. The van der Waals surface area contributed by atoms with E-state index in [2.05, 4.69) is 42.1 Å². The zero-order chi connectivity index (χ0) is 16.4. The lowest BCUT2D eigenvalue weighted by molar-refractivity contribution is 0.898. The van der Waals surface area contributed by atoms with Gasteiger partial charge in [-0.05, 0) is 37.1 Å². The van der Waals surface area contributed by atoms with Crippen molar-refractivity contribution in [3.05, 3.63) is 70.4 Å². The molecule has 3 aromatic rings. The number of halogens is 1. The second-order valence-electron chi connectivity index (χ2n) is 5.44. The molecule has 1 aromatic heterocycles. The third kappa shape index (κ3) is 3.43. The first-order valence-corrected chi connectivity index (χ1v) is 7.63. The first-order valence-electron chi connectivity index (χ1n) is 7.25. The summed E-state index contributed by atoms with van der Waals surface area (Å²) in [7, 11) is 0. The molecule has 3 rings (SSSR count). The van der Waals surface area contributed by atoms with Gasteiger partial charge in [-0.15, -0.1) is 0 Å². The fraction of sp³-hybridized carbons (Fsp3) is 0.111. The highest BCUT2D eigenvalue weighted by atomic mass is 35.5. The van der Waals surface area contributed by atoms with E-state index in [0.29, 0.717) is 11.0 Å². The van der Waals surface area contributed by atoms with Crippen molar-refractivity contribution in [2.45, 2.75) is 13.8 Å². The van der Waals surface area contributed by atoms with Crippen molar-refractivity contribution >= 4 is 23.8 Å². The number of anilines is 1. The van der Waals surface area contributed by atoms with Crippen LogP contribution in [0, 0.1) is 13.8 Å². The molecule has 0 spiro atoms.